The molecule has 2 aromatic rings. The quantitative estimate of drug-likeness (QED) is 0.931. The third-order valence-corrected chi connectivity index (χ3v) is 3.25. The summed E-state index contributed by atoms with van der Waals surface area (Å²) in [5, 5.41) is 11.6. The fourth-order valence-corrected chi connectivity index (χ4v) is 2.19. The number of rotatable bonds is 3. The molecule has 0 bridgehead atoms. The number of para-hydroxylation sites is 1. The average molecular weight is 273 g/mol. The van der Waals surface area contributed by atoms with Crippen molar-refractivity contribution in [3.63, 3.8) is 0 Å². The lowest BCUT2D eigenvalue weighted by molar-refractivity contribution is 0.316. The molecule has 106 valence electrons. The van der Waals surface area contributed by atoms with Crippen molar-refractivity contribution in [1.29, 1.82) is 0 Å². The minimum absolute atomic E-state index is 0.0255. The number of nitrogens with one attached hydrogen (secondary N) is 1. The van der Waals surface area contributed by atoms with Crippen molar-refractivity contribution >= 4 is 0 Å². The Morgan fingerprint density at radius 2 is 2.05 bits per heavy atom. The first-order valence-electron chi connectivity index (χ1n) is 6.82. The van der Waals surface area contributed by atoms with Crippen LogP contribution in [0, 0.1) is 0 Å². The van der Waals surface area contributed by atoms with Gasteiger partial charge in [0.25, 0.3) is 0 Å². The van der Waals surface area contributed by atoms with Gasteiger partial charge in [0.1, 0.15) is 12.4 Å². The summed E-state index contributed by atoms with van der Waals surface area (Å²) >= 11 is 0. The molecule has 1 aromatic carbocycles. The molecular formula is C15H19N3O2. The molecule has 1 atom stereocenters. The third kappa shape index (κ3) is 2.67. The molecule has 0 radical (unpaired) electrons. The molecule has 0 saturated heterocycles. The fourth-order valence-electron chi connectivity index (χ4n) is 2.19. The van der Waals surface area contributed by atoms with Crippen molar-refractivity contribution in [3.8, 4) is 5.75 Å². The van der Waals surface area contributed by atoms with E-state index in [0.717, 1.165) is 11.3 Å². The van der Waals surface area contributed by atoms with E-state index in [1.54, 1.807) is 0 Å². The average Bonchev–Trinajstić information content (AvgIpc) is 3.01. The van der Waals surface area contributed by atoms with E-state index < -0.39 is 0 Å². The topological polar surface area (TPSA) is 60.2 Å². The molecule has 1 aliphatic rings. The molecule has 20 heavy (non-hydrogen) atoms. The lowest BCUT2D eigenvalue weighted by Crippen LogP contribution is -2.35. The maximum atomic E-state index is 5.76. The van der Waals surface area contributed by atoms with E-state index in [2.05, 4.69) is 36.3 Å². The Morgan fingerprint density at radius 1 is 1.25 bits per heavy atom. The molecule has 0 fully saturated rings. The van der Waals surface area contributed by atoms with Crippen LogP contribution in [0.3, 0.4) is 0 Å². The number of hydrogen-bond donors (Lipinski definition) is 1. The number of hydrogen-bond acceptors (Lipinski definition) is 5. The van der Waals surface area contributed by atoms with Crippen LogP contribution in [0.4, 0.5) is 0 Å². The Morgan fingerprint density at radius 3 is 2.85 bits per heavy atom. The van der Waals surface area contributed by atoms with Crippen molar-refractivity contribution in [2.24, 2.45) is 0 Å². The zero-order valence-corrected chi connectivity index (χ0v) is 12.0. The van der Waals surface area contributed by atoms with E-state index in [9.17, 15) is 0 Å². The van der Waals surface area contributed by atoms with Gasteiger partial charge in [-0.25, -0.2) is 0 Å². The van der Waals surface area contributed by atoms with E-state index in [-0.39, 0.29) is 11.5 Å². The zero-order valence-electron chi connectivity index (χ0n) is 12.0. The van der Waals surface area contributed by atoms with Crippen molar-refractivity contribution in [2.45, 2.75) is 38.8 Å². The predicted octanol–water partition coefficient (Wildman–Crippen LogP) is 2.48. The van der Waals surface area contributed by atoms with Gasteiger partial charge in [-0.3, -0.25) is 0 Å². The minimum Gasteiger partial charge on any atom is -0.492 e. The molecule has 1 aromatic heterocycles. The van der Waals surface area contributed by atoms with Gasteiger partial charge in [-0.2, -0.15) is 0 Å². The Hall–Kier alpha value is -1.88. The summed E-state index contributed by atoms with van der Waals surface area (Å²) in [6, 6.07) is 7.98. The molecule has 3 rings (SSSR count). The molecule has 0 saturated carbocycles. The summed E-state index contributed by atoms with van der Waals surface area (Å²) < 4.78 is 11.4. The largest absolute Gasteiger partial charge is 0.492 e. The highest BCUT2D eigenvalue weighted by Gasteiger charge is 2.29. The highest BCUT2D eigenvalue weighted by Crippen LogP contribution is 2.37. The van der Waals surface area contributed by atoms with E-state index >= 15 is 0 Å². The maximum absolute atomic E-state index is 5.76. The highest BCUT2D eigenvalue weighted by atomic mass is 16.5. The van der Waals surface area contributed by atoms with Crippen LogP contribution in [0.2, 0.25) is 0 Å². The lowest BCUT2D eigenvalue weighted by atomic mass is 10.0. The standard InChI is InChI=1S/C15H19N3O2/c1-15(2,3)16-8-13-17-18-14(20-13)11-9-19-12-7-5-4-6-10(11)12/h4-7,11,16H,8-9H2,1-3H3. The summed E-state index contributed by atoms with van der Waals surface area (Å²) in [6.07, 6.45) is 0. The second-order valence-corrected chi connectivity index (χ2v) is 6.04. The first-order valence-corrected chi connectivity index (χ1v) is 6.82. The number of ether oxygens (including phenoxy) is 1. The lowest BCUT2D eigenvalue weighted by Gasteiger charge is -2.18. The van der Waals surface area contributed by atoms with Crippen LogP contribution in [0.25, 0.3) is 0 Å². The van der Waals surface area contributed by atoms with Crippen molar-refractivity contribution < 1.29 is 9.15 Å². The fraction of sp³-hybridized carbons (Fsp3) is 0.467. The summed E-state index contributed by atoms with van der Waals surface area (Å²) in [4.78, 5) is 0. The smallest absolute Gasteiger partial charge is 0.230 e. The van der Waals surface area contributed by atoms with E-state index in [1.807, 2.05) is 24.3 Å². The van der Waals surface area contributed by atoms with Gasteiger partial charge in [0.2, 0.25) is 11.8 Å². The summed E-state index contributed by atoms with van der Waals surface area (Å²) in [5.74, 6) is 2.19. The van der Waals surface area contributed by atoms with Gasteiger partial charge in [0.05, 0.1) is 12.5 Å². The van der Waals surface area contributed by atoms with Crippen LogP contribution in [-0.2, 0) is 6.54 Å². The van der Waals surface area contributed by atoms with Crippen LogP contribution in [0.5, 0.6) is 5.75 Å². The Balaban J connectivity index is 1.75. The second-order valence-electron chi connectivity index (χ2n) is 6.04. The number of benzene rings is 1. The van der Waals surface area contributed by atoms with Gasteiger partial charge in [-0.05, 0) is 26.8 Å². The van der Waals surface area contributed by atoms with Crippen LogP contribution in [-0.4, -0.2) is 22.3 Å². The van der Waals surface area contributed by atoms with Gasteiger partial charge in [-0.1, -0.05) is 18.2 Å². The van der Waals surface area contributed by atoms with E-state index in [1.165, 1.54) is 0 Å². The van der Waals surface area contributed by atoms with Gasteiger partial charge in [-0.15, -0.1) is 10.2 Å². The first kappa shape index (κ1) is 13.1. The molecule has 5 nitrogen and oxygen atoms in total. The molecule has 0 amide bonds. The second kappa shape index (κ2) is 4.90. The molecule has 1 aliphatic heterocycles. The predicted molar refractivity (Wildman–Crippen MR) is 74.7 cm³/mol. The molecule has 1 N–H and O–H groups in total. The van der Waals surface area contributed by atoms with Gasteiger partial charge in [0.15, 0.2) is 0 Å². The number of fused-ring (bicyclic) bond motifs is 1. The molecular weight excluding hydrogens is 254 g/mol. The molecule has 0 aliphatic carbocycles. The Labute approximate surface area is 118 Å². The molecule has 5 heteroatoms. The van der Waals surface area contributed by atoms with Gasteiger partial charge < -0.3 is 14.5 Å². The van der Waals surface area contributed by atoms with Crippen LogP contribution in [0.15, 0.2) is 28.7 Å². The summed E-state index contributed by atoms with van der Waals surface area (Å²) in [5.41, 5.74) is 1.14. The zero-order chi connectivity index (χ0) is 14.2. The van der Waals surface area contributed by atoms with Crippen LogP contribution >= 0.6 is 0 Å². The van der Waals surface area contributed by atoms with Crippen LogP contribution in [0.1, 0.15) is 44.0 Å². The minimum atomic E-state index is 0.0255. The van der Waals surface area contributed by atoms with Crippen LogP contribution < -0.4 is 10.1 Å². The van der Waals surface area contributed by atoms with Crippen molar-refractivity contribution in [2.75, 3.05) is 6.61 Å². The normalized spacial score (nSPS) is 17.9. The van der Waals surface area contributed by atoms with Gasteiger partial charge >= 0.3 is 0 Å². The Bertz CT molecular complexity index is 601. The van der Waals surface area contributed by atoms with Gasteiger partial charge in [0, 0.05) is 11.1 Å². The maximum Gasteiger partial charge on any atom is 0.230 e. The monoisotopic (exact) mass is 273 g/mol. The third-order valence-electron chi connectivity index (χ3n) is 3.25. The van der Waals surface area contributed by atoms with Crippen molar-refractivity contribution in [1.82, 2.24) is 15.5 Å². The SMILES string of the molecule is CC(C)(C)NCc1nnc(C2COc3ccccc32)o1. The van der Waals surface area contributed by atoms with Crippen molar-refractivity contribution in [3.05, 3.63) is 41.6 Å². The first-order chi connectivity index (χ1) is 9.53. The molecule has 0 spiro atoms. The van der Waals surface area contributed by atoms with E-state index in [0.29, 0.717) is 24.9 Å². The summed E-state index contributed by atoms with van der Waals surface area (Å²) in [6.45, 7) is 7.45. The number of aromatic nitrogens is 2. The molecule has 2 heterocycles. The highest BCUT2D eigenvalue weighted by molar-refractivity contribution is 5.42. The Kier molecular flexibility index (Phi) is 3.22. The summed E-state index contributed by atoms with van der Waals surface area (Å²) in [7, 11) is 0. The number of nitrogens with zero attached hydrogens (tertiary/aromatic N) is 2. The molecule has 1 unspecified atom stereocenters. The van der Waals surface area contributed by atoms with E-state index in [4.69, 9.17) is 9.15 Å².